The number of carbonyl (C=O) groups excluding carboxylic acids is 1. The Balaban J connectivity index is 1.69. The summed E-state index contributed by atoms with van der Waals surface area (Å²) in [4.78, 5) is 15.8. The van der Waals surface area contributed by atoms with Crippen molar-refractivity contribution in [1.82, 2.24) is 15.1 Å². The second-order valence-corrected chi connectivity index (χ2v) is 5.58. The third-order valence-electron chi connectivity index (χ3n) is 4.29. The monoisotopic (exact) mass is 295 g/mol. The molecule has 2 heterocycles. The van der Waals surface area contributed by atoms with Gasteiger partial charge in [0, 0.05) is 24.7 Å². The number of hydrogen-bond acceptors (Lipinski definition) is 2. The molecule has 2 aliphatic rings. The second-order valence-electron chi connectivity index (χ2n) is 5.58. The number of halogens is 2. The highest BCUT2D eigenvalue weighted by Crippen LogP contribution is 2.22. The molecule has 4 nitrogen and oxygen atoms in total. The number of urea groups is 1. The lowest BCUT2D eigenvalue weighted by atomic mass is 10.1. The van der Waals surface area contributed by atoms with Crippen LogP contribution in [-0.2, 0) is 6.54 Å². The van der Waals surface area contributed by atoms with E-state index in [4.69, 9.17) is 0 Å². The quantitative estimate of drug-likeness (QED) is 0.925. The fourth-order valence-corrected chi connectivity index (χ4v) is 3.08. The van der Waals surface area contributed by atoms with E-state index < -0.39 is 11.6 Å². The van der Waals surface area contributed by atoms with E-state index in [1.54, 1.807) is 0 Å². The van der Waals surface area contributed by atoms with Crippen LogP contribution >= 0.6 is 0 Å². The minimum absolute atomic E-state index is 0.00118. The summed E-state index contributed by atoms with van der Waals surface area (Å²) in [7, 11) is 0. The van der Waals surface area contributed by atoms with Gasteiger partial charge in [-0.2, -0.15) is 0 Å². The van der Waals surface area contributed by atoms with Crippen LogP contribution in [0, 0.1) is 11.6 Å². The zero-order valence-corrected chi connectivity index (χ0v) is 11.8. The van der Waals surface area contributed by atoms with Gasteiger partial charge in [-0.1, -0.05) is 6.07 Å². The van der Waals surface area contributed by atoms with Crippen LogP contribution in [0.25, 0.3) is 0 Å². The highest BCUT2D eigenvalue weighted by Gasteiger charge is 2.34. The zero-order valence-electron chi connectivity index (χ0n) is 11.8. The fourth-order valence-electron chi connectivity index (χ4n) is 3.08. The van der Waals surface area contributed by atoms with Crippen LogP contribution in [0.1, 0.15) is 18.4 Å². The van der Waals surface area contributed by atoms with Gasteiger partial charge < -0.3 is 15.1 Å². The highest BCUT2D eigenvalue weighted by atomic mass is 19.1. The lowest BCUT2D eigenvalue weighted by Gasteiger charge is -2.31. The predicted octanol–water partition coefficient (Wildman–Crippen LogP) is 1.95. The smallest absolute Gasteiger partial charge is 0.320 e. The first kappa shape index (κ1) is 14.3. The van der Waals surface area contributed by atoms with E-state index in [2.05, 4.69) is 5.32 Å². The lowest BCUT2D eigenvalue weighted by molar-refractivity contribution is 0.164. The Hall–Kier alpha value is -1.69. The van der Waals surface area contributed by atoms with E-state index in [1.165, 1.54) is 23.1 Å². The van der Waals surface area contributed by atoms with Crippen molar-refractivity contribution in [2.75, 3.05) is 26.2 Å². The molecule has 0 unspecified atom stereocenters. The maximum absolute atomic E-state index is 13.7. The van der Waals surface area contributed by atoms with Crippen molar-refractivity contribution in [3.8, 4) is 0 Å². The summed E-state index contributed by atoms with van der Waals surface area (Å²) in [5, 5.41) is 3.27. The molecule has 0 radical (unpaired) electrons. The minimum Gasteiger partial charge on any atom is -0.320 e. The molecule has 6 heteroatoms. The van der Waals surface area contributed by atoms with Crippen molar-refractivity contribution < 1.29 is 13.6 Å². The van der Waals surface area contributed by atoms with E-state index in [1.807, 2.05) is 4.90 Å². The van der Waals surface area contributed by atoms with Crippen LogP contribution < -0.4 is 5.32 Å². The molecule has 1 aromatic carbocycles. The molecule has 3 rings (SSSR count). The summed E-state index contributed by atoms with van der Waals surface area (Å²) in [6, 6.07) is 3.92. The van der Waals surface area contributed by atoms with Gasteiger partial charge in [0.25, 0.3) is 0 Å². The lowest BCUT2D eigenvalue weighted by Crippen LogP contribution is -2.45. The molecule has 0 saturated carbocycles. The number of hydrogen-bond donors (Lipinski definition) is 1. The summed E-state index contributed by atoms with van der Waals surface area (Å²) in [5.41, 5.74) is -0.0296. The van der Waals surface area contributed by atoms with Gasteiger partial charge in [0.1, 0.15) is 11.6 Å². The molecule has 0 aliphatic carbocycles. The normalized spacial score (nSPS) is 20.4. The van der Waals surface area contributed by atoms with E-state index in [0.29, 0.717) is 13.1 Å². The summed E-state index contributed by atoms with van der Waals surface area (Å²) in [5.74, 6) is -1.19. The molecule has 0 bridgehead atoms. The van der Waals surface area contributed by atoms with Crippen molar-refractivity contribution in [2.24, 2.45) is 0 Å². The molecule has 0 spiro atoms. The van der Waals surface area contributed by atoms with Crippen LogP contribution in [0.5, 0.6) is 0 Å². The average molecular weight is 295 g/mol. The Morgan fingerprint density at radius 1 is 1.14 bits per heavy atom. The Kier molecular flexibility index (Phi) is 4.05. The molecular weight excluding hydrogens is 276 g/mol. The van der Waals surface area contributed by atoms with Crippen molar-refractivity contribution in [3.63, 3.8) is 0 Å². The SMILES string of the molecule is O=C1N(Cc2c(F)cccc2F)CCN1C1CCNCC1. The van der Waals surface area contributed by atoms with Gasteiger partial charge >= 0.3 is 6.03 Å². The van der Waals surface area contributed by atoms with Crippen LogP contribution in [-0.4, -0.2) is 48.1 Å². The first-order valence-electron chi connectivity index (χ1n) is 7.36. The van der Waals surface area contributed by atoms with Crippen molar-refractivity contribution >= 4 is 6.03 Å². The Labute approximate surface area is 122 Å². The summed E-state index contributed by atoms with van der Waals surface area (Å²) in [6.45, 7) is 2.99. The minimum atomic E-state index is -0.594. The van der Waals surface area contributed by atoms with Gasteiger partial charge in [0.2, 0.25) is 0 Å². The van der Waals surface area contributed by atoms with Crippen LogP contribution in [0.2, 0.25) is 0 Å². The number of nitrogens with one attached hydrogen (secondary N) is 1. The summed E-state index contributed by atoms with van der Waals surface area (Å²) >= 11 is 0. The maximum Gasteiger partial charge on any atom is 0.320 e. The molecule has 21 heavy (non-hydrogen) atoms. The van der Waals surface area contributed by atoms with Crippen molar-refractivity contribution in [3.05, 3.63) is 35.4 Å². The topological polar surface area (TPSA) is 35.6 Å². The van der Waals surface area contributed by atoms with Crippen molar-refractivity contribution in [1.29, 1.82) is 0 Å². The third kappa shape index (κ3) is 2.85. The number of nitrogens with zero attached hydrogens (tertiary/aromatic N) is 2. The molecule has 1 aromatic rings. The molecule has 0 atom stereocenters. The number of amides is 2. The summed E-state index contributed by atoms with van der Waals surface area (Å²) < 4.78 is 27.4. The molecule has 2 fully saturated rings. The molecule has 0 aromatic heterocycles. The van der Waals surface area contributed by atoms with E-state index in [-0.39, 0.29) is 24.2 Å². The number of carbonyl (C=O) groups is 1. The van der Waals surface area contributed by atoms with E-state index in [0.717, 1.165) is 25.9 Å². The van der Waals surface area contributed by atoms with Crippen LogP contribution in [0.15, 0.2) is 18.2 Å². The van der Waals surface area contributed by atoms with Gasteiger partial charge in [0.15, 0.2) is 0 Å². The van der Waals surface area contributed by atoms with Gasteiger partial charge in [-0.3, -0.25) is 0 Å². The van der Waals surface area contributed by atoms with E-state index in [9.17, 15) is 13.6 Å². The molecule has 2 amide bonds. The van der Waals surface area contributed by atoms with Gasteiger partial charge in [-0.05, 0) is 38.1 Å². The Morgan fingerprint density at radius 3 is 2.48 bits per heavy atom. The largest absolute Gasteiger partial charge is 0.320 e. The zero-order chi connectivity index (χ0) is 14.8. The Morgan fingerprint density at radius 2 is 1.81 bits per heavy atom. The molecular formula is C15H19F2N3O. The number of benzene rings is 1. The molecule has 114 valence electrons. The van der Waals surface area contributed by atoms with Crippen LogP contribution in [0.3, 0.4) is 0 Å². The van der Waals surface area contributed by atoms with Gasteiger partial charge in [-0.15, -0.1) is 0 Å². The second kappa shape index (κ2) is 5.97. The molecule has 1 N–H and O–H groups in total. The van der Waals surface area contributed by atoms with Gasteiger partial charge in [-0.25, -0.2) is 13.6 Å². The third-order valence-corrected chi connectivity index (χ3v) is 4.29. The first-order valence-corrected chi connectivity index (χ1v) is 7.36. The molecule has 2 aliphatic heterocycles. The maximum atomic E-state index is 13.7. The van der Waals surface area contributed by atoms with Crippen LogP contribution in [0.4, 0.5) is 13.6 Å². The standard InChI is InChI=1S/C15H19F2N3O/c16-13-2-1-3-14(17)12(13)10-19-8-9-20(15(19)21)11-4-6-18-7-5-11/h1-3,11,18H,4-10H2. The summed E-state index contributed by atoms with van der Waals surface area (Å²) in [6.07, 6.45) is 1.88. The van der Waals surface area contributed by atoms with Crippen molar-refractivity contribution in [2.45, 2.75) is 25.4 Å². The first-order chi connectivity index (χ1) is 10.2. The highest BCUT2D eigenvalue weighted by molar-refractivity contribution is 5.77. The predicted molar refractivity (Wildman–Crippen MR) is 74.8 cm³/mol. The van der Waals surface area contributed by atoms with E-state index >= 15 is 0 Å². The molecule has 2 saturated heterocycles. The van der Waals surface area contributed by atoms with Gasteiger partial charge in [0.05, 0.1) is 6.54 Å². The number of piperidine rings is 1. The fraction of sp³-hybridized carbons (Fsp3) is 0.533. The number of rotatable bonds is 3. The Bertz CT molecular complexity index is 511. The average Bonchev–Trinajstić information content (AvgIpc) is 2.85.